The first-order valence-corrected chi connectivity index (χ1v) is 8.11. The highest BCUT2D eigenvalue weighted by atomic mass is 35.5. The average molecular weight is 295 g/mol. The molecule has 0 radical (unpaired) electrons. The van der Waals surface area contributed by atoms with Gasteiger partial charge in [-0.25, -0.2) is 0 Å². The molecule has 1 atom stereocenters. The molecule has 112 valence electrons. The first kappa shape index (κ1) is 15.8. The van der Waals surface area contributed by atoms with Gasteiger partial charge < -0.3 is 10.6 Å². The smallest absolute Gasteiger partial charge is 0.0406 e. The molecule has 0 amide bonds. The Balaban J connectivity index is 2.05. The lowest BCUT2D eigenvalue weighted by Gasteiger charge is -2.37. The number of hydrogen-bond donors (Lipinski definition) is 1. The van der Waals surface area contributed by atoms with Crippen molar-refractivity contribution in [2.75, 3.05) is 20.6 Å². The molecule has 1 aliphatic carbocycles. The average Bonchev–Trinajstić information content (AvgIpc) is 2.43. The fourth-order valence-corrected chi connectivity index (χ4v) is 3.81. The first-order valence-electron chi connectivity index (χ1n) is 7.73. The predicted molar refractivity (Wildman–Crippen MR) is 87.0 cm³/mol. The van der Waals surface area contributed by atoms with Crippen LogP contribution in [0.3, 0.4) is 0 Å². The summed E-state index contributed by atoms with van der Waals surface area (Å²) in [5.74, 6) is 1.60. The normalized spacial score (nSPS) is 24.9. The molecular formula is C17H27ClN2. The van der Waals surface area contributed by atoms with E-state index in [1.165, 1.54) is 37.7 Å². The van der Waals surface area contributed by atoms with E-state index >= 15 is 0 Å². The maximum absolute atomic E-state index is 6.01. The fourth-order valence-electron chi connectivity index (χ4n) is 3.68. The van der Waals surface area contributed by atoms with E-state index in [4.69, 9.17) is 17.3 Å². The molecule has 20 heavy (non-hydrogen) atoms. The number of benzene rings is 1. The van der Waals surface area contributed by atoms with Crippen LogP contribution in [-0.2, 0) is 0 Å². The molecule has 1 fully saturated rings. The number of nitrogens with two attached hydrogens (primary N) is 1. The van der Waals surface area contributed by atoms with Crippen molar-refractivity contribution in [2.24, 2.45) is 17.6 Å². The number of nitrogens with zero attached hydrogens (tertiary/aromatic N) is 1. The van der Waals surface area contributed by atoms with Crippen LogP contribution >= 0.6 is 11.6 Å². The third-order valence-electron chi connectivity index (χ3n) is 4.68. The van der Waals surface area contributed by atoms with Gasteiger partial charge in [0.1, 0.15) is 0 Å². The van der Waals surface area contributed by atoms with E-state index in [-0.39, 0.29) is 0 Å². The van der Waals surface area contributed by atoms with Crippen molar-refractivity contribution in [2.45, 2.75) is 38.1 Å². The SMILES string of the molecule is CN(C)C(c1ccc(Cl)cc1)C1CCC(CCN)CC1. The molecule has 0 saturated heterocycles. The molecule has 0 aliphatic heterocycles. The van der Waals surface area contributed by atoms with E-state index in [0.29, 0.717) is 6.04 Å². The van der Waals surface area contributed by atoms with Crippen molar-refractivity contribution in [3.8, 4) is 0 Å². The minimum absolute atomic E-state index is 0.506. The Morgan fingerprint density at radius 1 is 1.15 bits per heavy atom. The van der Waals surface area contributed by atoms with Gasteiger partial charge in [0.25, 0.3) is 0 Å². The lowest BCUT2D eigenvalue weighted by atomic mass is 9.75. The number of rotatable bonds is 5. The predicted octanol–water partition coefficient (Wildman–Crippen LogP) is 4.10. The third kappa shape index (κ3) is 3.97. The van der Waals surface area contributed by atoms with Crippen LogP contribution in [0.2, 0.25) is 5.02 Å². The van der Waals surface area contributed by atoms with Gasteiger partial charge in [0, 0.05) is 11.1 Å². The molecule has 3 heteroatoms. The molecule has 0 bridgehead atoms. The Hall–Kier alpha value is -0.570. The molecule has 1 aromatic rings. The van der Waals surface area contributed by atoms with Crippen LogP contribution in [0.25, 0.3) is 0 Å². The van der Waals surface area contributed by atoms with E-state index in [0.717, 1.165) is 23.4 Å². The quantitative estimate of drug-likeness (QED) is 0.886. The molecule has 1 saturated carbocycles. The van der Waals surface area contributed by atoms with Crippen LogP contribution in [-0.4, -0.2) is 25.5 Å². The van der Waals surface area contributed by atoms with Crippen LogP contribution in [0.1, 0.15) is 43.7 Å². The molecule has 0 spiro atoms. The van der Waals surface area contributed by atoms with Crippen LogP contribution in [0.5, 0.6) is 0 Å². The zero-order chi connectivity index (χ0) is 14.5. The van der Waals surface area contributed by atoms with Crippen LogP contribution in [0, 0.1) is 11.8 Å². The van der Waals surface area contributed by atoms with Gasteiger partial charge in [0.05, 0.1) is 0 Å². The summed E-state index contributed by atoms with van der Waals surface area (Å²) in [6.45, 7) is 0.837. The van der Waals surface area contributed by atoms with E-state index in [1.54, 1.807) is 0 Å². The highest BCUT2D eigenvalue weighted by Gasteiger charge is 2.29. The maximum Gasteiger partial charge on any atom is 0.0406 e. The van der Waals surface area contributed by atoms with Gasteiger partial charge in [-0.1, -0.05) is 36.6 Å². The lowest BCUT2D eigenvalue weighted by molar-refractivity contribution is 0.147. The van der Waals surface area contributed by atoms with E-state index in [1.807, 2.05) is 12.1 Å². The van der Waals surface area contributed by atoms with Crippen molar-refractivity contribution in [3.05, 3.63) is 34.9 Å². The summed E-state index contributed by atoms with van der Waals surface area (Å²) in [7, 11) is 4.37. The van der Waals surface area contributed by atoms with Gasteiger partial charge in [-0.05, 0) is 69.4 Å². The van der Waals surface area contributed by atoms with Gasteiger partial charge in [-0.3, -0.25) is 0 Å². The molecule has 1 unspecified atom stereocenters. The Kier molecular flexibility index (Phi) is 5.88. The summed E-state index contributed by atoms with van der Waals surface area (Å²) in [5, 5.41) is 0.818. The van der Waals surface area contributed by atoms with E-state index < -0.39 is 0 Å². The molecule has 0 aromatic heterocycles. The molecule has 2 nitrogen and oxygen atoms in total. The summed E-state index contributed by atoms with van der Waals surface area (Å²) < 4.78 is 0. The Morgan fingerprint density at radius 2 is 1.75 bits per heavy atom. The fraction of sp³-hybridized carbons (Fsp3) is 0.647. The second kappa shape index (κ2) is 7.44. The maximum atomic E-state index is 6.01. The molecule has 0 heterocycles. The first-order chi connectivity index (χ1) is 9.61. The van der Waals surface area contributed by atoms with Crippen molar-refractivity contribution >= 4 is 11.6 Å². The third-order valence-corrected chi connectivity index (χ3v) is 4.93. The van der Waals surface area contributed by atoms with Crippen LogP contribution in [0.15, 0.2) is 24.3 Å². The molecular weight excluding hydrogens is 268 g/mol. The Labute approximate surface area is 128 Å². The van der Waals surface area contributed by atoms with Gasteiger partial charge in [-0.15, -0.1) is 0 Å². The van der Waals surface area contributed by atoms with Crippen molar-refractivity contribution in [1.82, 2.24) is 4.90 Å². The molecule has 1 aliphatic rings. The summed E-state index contributed by atoms with van der Waals surface area (Å²) in [6, 6.07) is 8.88. The monoisotopic (exact) mass is 294 g/mol. The molecule has 2 rings (SSSR count). The van der Waals surface area contributed by atoms with E-state index in [9.17, 15) is 0 Å². The minimum atomic E-state index is 0.506. The van der Waals surface area contributed by atoms with Crippen LogP contribution < -0.4 is 5.73 Å². The zero-order valence-electron chi connectivity index (χ0n) is 12.7. The van der Waals surface area contributed by atoms with Crippen molar-refractivity contribution < 1.29 is 0 Å². The molecule has 2 N–H and O–H groups in total. The summed E-state index contributed by atoms with van der Waals surface area (Å²) >= 11 is 6.01. The van der Waals surface area contributed by atoms with Gasteiger partial charge in [0.2, 0.25) is 0 Å². The standard InChI is InChI=1S/C17H27ClN2/c1-20(2)17(15-7-9-16(18)10-8-15)14-5-3-13(4-6-14)11-12-19/h7-10,13-14,17H,3-6,11-12,19H2,1-2H3. The zero-order valence-corrected chi connectivity index (χ0v) is 13.4. The Morgan fingerprint density at radius 3 is 2.25 bits per heavy atom. The van der Waals surface area contributed by atoms with Crippen LogP contribution in [0.4, 0.5) is 0 Å². The van der Waals surface area contributed by atoms with Crippen molar-refractivity contribution in [1.29, 1.82) is 0 Å². The topological polar surface area (TPSA) is 29.3 Å². The summed E-state index contributed by atoms with van der Waals surface area (Å²) in [5.41, 5.74) is 7.08. The number of hydrogen-bond acceptors (Lipinski definition) is 2. The largest absolute Gasteiger partial charge is 0.330 e. The second-order valence-corrected chi connectivity index (χ2v) is 6.75. The lowest BCUT2D eigenvalue weighted by Crippen LogP contribution is -2.30. The van der Waals surface area contributed by atoms with Gasteiger partial charge >= 0.3 is 0 Å². The minimum Gasteiger partial charge on any atom is -0.330 e. The van der Waals surface area contributed by atoms with Crippen molar-refractivity contribution in [3.63, 3.8) is 0 Å². The highest BCUT2D eigenvalue weighted by molar-refractivity contribution is 6.30. The second-order valence-electron chi connectivity index (χ2n) is 6.32. The van der Waals surface area contributed by atoms with Gasteiger partial charge in [-0.2, -0.15) is 0 Å². The van der Waals surface area contributed by atoms with E-state index in [2.05, 4.69) is 31.1 Å². The summed E-state index contributed by atoms with van der Waals surface area (Å²) in [4.78, 5) is 2.36. The highest BCUT2D eigenvalue weighted by Crippen LogP contribution is 2.40. The van der Waals surface area contributed by atoms with Gasteiger partial charge in [0.15, 0.2) is 0 Å². The summed E-state index contributed by atoms with van der Waals surface area (Å²) in [6.07, 6.45) is 6.49. The number of halogens is 1. The Bertz CT molecular complexity index is 394. The molecule has 1 aromatic carbocycles.